The van der Waals surface area contributed by atoms with Crippen molar-refractivity contribution in [2.75, 3.05) is 13.1 Å². The Kier molecular flexibility index (Phi) is 3.38. The average Bonchev–Trinajstić information content (AvgIpc) is 3.24. The van der Waals surface area contributed by atoms with Gasteiger partial charge in [-0.05, 0) is 31.7 Å². The minimum atomic E-state index is -0.240. The van der Waals surface area contributed by atoms with E-state index in [2.05, 4.69) is 15.2 Å². The molecule has 2 aliphatic rings. The number of nitrogens with zero attached hydrogens (tertiary/aromatic N) is 1. The second-order valence-corrected chi connectivity index (χ2v) is 5.46. The summed E-state index contributed by atoms with van der Waals surface area (Å²) in [7, 11) is 0. The largest absolute Gasteiger partial charge is 0.349 e. The second kappa shape index (κ2) is 5.17. The molecule has 0 radical (unpaired) electrons. The van der Waals surface area contributed by atoms with Crippen LogP contribution < -0.4 is 10.9 Å². The Morgan fingerprint density at radius 3 is 2.63 bits per heavy atom. The molecular formula is C14H19N3O2. The zero-order valence-corrected chi connectivity index (χ0v) is 10.9. The lowest BCUT2D eigenvalue weighted by atomic mass is 10.0. The number of pyridine rings is 1. The molecule has 1 aliphatic carbocycles. The molecule has 1 saturated heterocycles. The van der Waals surface area contributed by atoms with Gasteiger partial charge < -0.3 is 15.2 Å². The van der Waals surface area contributed by atoms with Crippen LogP contribution in [-0.4, -0.2) is 41.0 Å². The van der Waals surface area contributed by atoms with Crippen LogP contribution in [0.4, 0.5) is 0 Å². The number of nitrogens with one attached hydrogen (secondary N) is 2. The van der Waals surface area contributed by atoms with Crippen LogP contribution in [0.2, 0.25) is 0 Å². The maximum absolute atomic E-state index is 12.0. The van der Waals surface area contributed by atoms with Gasteiger partial charge in [-0.15, -0.1) is 0 Å². The maximum Gasteiger partial charge on any atom is 0.251 e. The SMILES string of the molecule is O=C(NC1CCN(C2CC2)CC1)c1cc[nH]c(=O)c1. The second-order valence-electron chi connectivity index (χ2n) is 5.46. The lowest BCUT2D eigenvalue weighted by molar-refractivity contribution is 0.0909. The van der Waals surface area contributed by atoms with Crippen molar-refractivity contribution in [2.45, 2.75) is 37.8 Å². The van der Waals surface area contributed by atoms with Crippen LogP contribution in [0.3, 0.4) is 0 Å². The van der Waals surface area contributed by atoms with Crippen molar-refractivity contribution in [1.29, 1.82) is 0 Å². The van der Waals surface area contributed by atoms with Gasteiger partial charge in [0.1, 0.15) is 0 Å². The third-order valence-corrected chi connectivity index (χ3v) is 3.97. The molecule has 102 valence electrons. The summed E-state index contributed by atoms with van der Waals surface area (Å²) in [5.41, 5.74) is 0.199. The molecule has 3 rings (SSSR count). The number of aromatic amines is 1. The lowest BCUT2D eigenvalue weighted by Crippen LogP contribution is -2.45. The van der Waals surface area contributed by atoms with Gasteiger partial charge in [0.15, 0.2) is 0 Å². The molecule has 2 heterocycles. The van der Waals surface area contributed by atoms with E-state index in [4.69, 9.17) is 0 Å². The molecule has 19 heavy (non-hydrogen) atoms. The molecule has 0 aromatic carbocycles. The summed E-state index contributed by atoms with van der Waals surface area (Å²) < 4.78 is 0. The minimum absolute atomic E-state index is 0.143. The molecule has 0 unspecified atom stereocenters. The van der Waals surface area contributed by atoms with Crippen molar-refractivity contribution in [3.8, 4) is 0 Å². The highest BCUT2D eigenvalue weighted by Gasteiger charge is 2.32. The van der Waals surface area contributed by atoms with Crippen LogP contribution in [0.15, 0.2) is 23.1 Å². The summed E-state index contributed by atoms with van der Waals surface area (Å²) in [4.78, 5) is 28.2. The number of carbonyl (C=O) groups excluding carboxylic acids is 1. The third-order valence-electron chi connectivity index (χ3n) is 3.97. The highest BCUT2D eigenvalue weighted by molar-refractivity contribution is 5.94. The highest BCUT2D eigenvalue weighted by Crippen LogP contribution is 2.29. The molecule has 2 fully saturated rings. The number of hydrogen-bond acceptors (Lipinski definition) is 3. The van der Waals surface area contributed by atoms with Gasteiger partial charge in [0.25, 0.3) is 5.91 Å². The summed E-state index contributed by atoms with van der Waals surface area (Å²) in [6.45, 7) is 2.15. The van der Waals surface area contributed by atoms with E-state index in [0.29, 0.717) is 5.56 Å². The third kappa shape index (κ3) is 3.04. The predicted octanol–water partition coefficient (Wildman–Crippen LogP) is 0.731. The Morgan fingerprint density at radius 1 is 1.26 bits per heavy atom. The van der Waals surface area contributed by atoms with E-state index in [0.717, 1.165) is 32.0 Å². The Hall–Kier alpha value is -1.62. The molecule has 0 bridgehead atoms. The topological polar surface area (TPSA) is 65.2 Å². The number of amides is 1. The molecule has 1 aliphatic heterocycles. The molecule has 1 aromatic rings. The molecule has 5 heteroatoms. The lowest BCUT2D eigenvalue weighted by Gasteiger charge is -2.32. The minimum Gasteiger partial charge on any atom is -0.349 e. The summed E-state index contributed by atoms with van der Waals surface area (Å²) in [5, 5.41) is 3.02. The number of carbonyl (C=O) groups is 1. The molecule has 0 spiro atoms. The van der Waals surface area contributed by atoms with Crippen LogP contribution in [0.5, 0.6) is 0 Å². The predicted molar refractivity (Wildman–Crippen MR) is 72.1 cm³/mol. The van der Waals surface area contributed by atoms with Crippen molar-refractivity contribution in [3.05, 3.63) is 34.2 Å². The van der Waals surface area contributed by atoms with Gasteiger partial charge in [-0.25, -0.2) is 0 Å². The zero-order chi connectivity index (χ0) is 13.2. The quantitative estimate of drug-likeness (QED) is 0.843. The normalized spacial score (nSPS) is 21.3. The van der Waals surface area contributed by atoms with E-state index in [9.17, 15) is 9.59 Å². The van der Waals surface area contributed by atoms with Crippen LogP contribution in [0.1, 0.15) is 36.0 Å². The standard InChI is InChI=1S/C14H19N3O2/c18-13-9-10(3-6-15-13)14(19)16-11-4-7-17(8-5-11)12-1-2-12/h3,6,9,11-12H,1-2,4-5,7-8H2,(H,15,18)(H,16,19). The van der Waals surface area contributed by atoms with Gasteiger partial charge in [0.2, 0.25) is 5.56 Å². The van der Waals surface area contributed by atoms with Gasteiger partial charge in [0, 0.05) is 43.0 Å². The fraction of sp³-hybridized carbons (Fsp3) is 0.571. The first-order valence-electron chi connectivity index (χ1n) is 6.96. The van der Waals surface area contributed by atoms with Gasteiger partial charge in [0.05, 0.1) is 0 Å². The van der Waals surface area contributed by atoms with Gasteiger partial charge in [-0.1, -0.05) is 0 Å². The molecular weight excluding hydrogens is 242 g/mol. The van der Waals surface area contributed by atoms with Crippen molar-refractivity contribution in [3.63, 3.8) is 0 Å². The maximum atomic E-state index is 12.0. The molecule has 1 saturated carbocycles. The zero-order valence-electron chi connectivity index (χ0n) is 10.9. The van der Waals surface area contributed by atoms with Gasteiger partial charge in [-0.2, -0.15) is 0 Å². The Morgan fingerprint density at radius 2 is 2.00 bits per heavy atom. The summed E-state index contributed by atoms with van der Waals surface area (Å²) in [6.07, 6.45) is 6.19. The Bertz CT molecular complexity index is 513. The molecule has 1 amide bonds. The first-order chi connectivity index (χ1) is 9.22. The number of H-pyrrole nitrogens is 1. The number of rotatable bonds is 3. The van der Waals surface area contributed by atoms with Crippen molar-refractivity contribution >= 4 is 5.91 Å². The van der Waals surface area contributed by atoms with Crippen molar-refractivity contribution < 1.29 is 4.79 Å². The van der Waals surface area contributed by atoms with E-state index in [1.54, 1.807) is 6.07 Å². The van der Waals surface area contributed by atoms with E-state index in [-0.39, 0.29) is 17.5 Å². The van der Waals surface area contributed by atoms with Crippen LogP contribution in [0.25, 0.3) is 0 Å². The number of aromatic nitrogens is 1. The number of likely N-dealkylation sites (tertiary alicyclic amines) is 1. The monoisotopic (exact) mass is 261 g/mol. The van der Waals surface area contributed by atoms with E-state index >= 15 is 0 Å². The van der Waals surface area contributed by atoms with Crippen LogP contribution >= 0.6 is 0 Å². The fourth-order valence-corrected chi connectivity index (χ4v) is 2.70. The Balaban J connectivity index is 1.54. The summed E-state index contributed by atoms with van der Waals surface area (Å²) in [6, 6.07) is 4.02. The first kappa shape index (κ1) is 12.4. The highest BCUT2D eigenvalue weighted by atomic mass is 16.2. The van der Waals surface area contributed by atoms with Crippen LogP contribution in [0, 0.1) is 0 Å². The smallest absolute Gasteiger partial charge is 0.251 e. The Labute approximate surface area is 112 Å². The van der Waals surface area contributed by atoms with Gasteiger partial charge >= 0.3 is 0 Å². The summed E-state index contributed by atoms with van der Waals surface area (Å²) in [5.74, 6) is -0.143. The first-order valence-corrected chi connectivity index (χ1v) is 6.96. The molecule has 5 nitrogen and oxygen atoms in total. The average molecular weight is 261 g/mol. The molecule has 2 N–H and O–H groups in total. The van der Waals surface area contributed by atoms with Crippen molar-refractivity contribution in [2.24, 2.45) is 0 Å². The van der Waals surface area contributed by atoms with E-state index in [1.807, 2.05) is 0 Å². The molecule has 0 atom stereocenters. The van der Waals surface area contributed by atoms with Gasteiger partial charge in [-0.3, -0.25) is 9.59 Å². The number of piperidine rings is 1. The van der Waals surface area contributed by atoms with E-state index < -0.39 is 0 Å². The number of hydrogen-bond donors (Lipinski definition) is 2. The summed E-state index contributed by atoms with van der Waals surface area (Å²) >= 11 is 0. The fourth-order valence-electron chi connectivity index (χ4n) is 2.70. The molecule has 1 aromatic heterocycles. The van der Waals surface area contributed by atoms with Crippen LogP contribution in [-0.2, 0) is 0 Å². The van der Waals surface area contributed by atoms with Crippen molar-refractivity contribution in [1.82, 2.24) is 15.2 Å². The van der Waals surface area contributed by atoms with E-state index in [1.165, 1.54) is 25.1 Å².